The number of hydrogen-bond donors (Lipinski definition) is 2. The van der Waals surface area contributed by atoms with Gasteiger partial charge in [-0.2, -0.15) is 0 Å². The largest absolute Gasteiger partial charge is 0.399 e. The van der Waals surface area contributed by atoms with Gasteiger partial charge in [-0.25, -0.2) is 0 Å². The molecule has 5 nitrogen and oxygen atoms in total. The first kappa shape index (κ1) is 12.9. The summed E-state index contributed by atoms with van der Waals surface area (Å²) in [6.45, 7) is 2.55. The van der Waals surface area contributed by atoms with Gasteiger partial charge in [0.2, 0.25) is 0 Å². The van der Waals surface area contributed by atoms with Crippen LogP contribution in [0.4, 0.5) is 17.1 Å². The van der Waals surface area contributed by atoms with Crippen molar-refractivity contribution in [1.29, 1.82) is 0 Å². The topological polar surface area (TPSA) is 81.2 Å². The molecule has 2 aromatic carbocycles. The Hall–Kier alpha value is -2.56. The number of nitrogens with one attached hydrogen (secondary N) is 1. The molecule has 0 aliphatic rings. The fourth-order valence-corrected chi connectivity index (χ4v) is 1.75. The Morgan fingerprint density at radius 2 is 1.89 bits per heavy atom. The van der Waals surface area contributed by atoms with E-state index in [0.29, 0.717) is 17.9 Å². The number of nitro groups is 1. The third kappa shape index (κ3) is 3.22. The molecule has 0 heterocycles. The summed E-state index contributed by atoms with van der Waals surface area (Å²) in [5.74, 6) is 0. The van der Waals surface area contributed by atoms with Crippen molar-refractivity contribution in [2.45, 2.75) is 13.5 Å². The molecule has 0 fully saturated rings. The summed E-state index contributed by atoms with van der Waals surface area (Å²) in [5.41, 5.74) is 8.65. The van der Waals surface area contributed by atoms with Crippen LogP contribution in [0.5, 0.6) is 0 Å². The molecule has 2 rings (SSSR count). The fourth-order valence-electron chi connectivity index (χ4n) is 1.75. The number of aryl methyl sites for hydroxylation is 1. The highest BCUT2D eigenvalue weighted by Gasteiger charge is 2.13. The summed E-state index contributed by atoms with van der Waals surface area (Å²) in [5, 5.41) is 14.0. The van der Waals surface area contributed by atoms with Gasteiger partial charge in [0.1, 0.15) is 5.69 Å². The van der Waals surface area contributed by atoms with Crippen molar-refractivity contribution in [3.8, 4) is 0 Å². The summed E-state index contributed by atoms with van der Waals surface area (Å²) in [7, 11) is 0. The molecule has 0 unspecified atom stereocenters. The van der Waals surface area contributed by atoms with E-state index in [1.54, 1.807) is 12.1 Å². The number of nitro benzene ring substituents is 1. The molecule has 98 valence electrons. The van der Waals surface area contributed by atoms with Crippen LogP contribution < -0.4 is 11.1 Å². The molecule has 0 saturated heterocycles. The number of nitrogens with two attached hydrogens (primary N) is 1. The minimum atomic E-state index is -0.437. The van der Waals surface area contributed by atoms with E-state index in [1.165, 1.54) is 11.6 Å². The van der Waals surface area contributed by atoms with Crippen molar-refractivity contribution in [3.05, 3.63) is 63.7 Å². The maximum Gasteiger partial charge on any atom is 0.294 e. The molecule has 0 spiro atoms. The number of rotatable bonds is 4. The van der Waals surface area contributed by atoms with Gasteiger partial charge in [-0.1, -0.05) is 29.8 Å². The highest BCUT2D eigenvalue weighted by molar-refractivity contribution is 5.66. The van der Waals surface area contributed by atoms with E-state index in [4.69, 9.17) is 5.73 Å². The normalized spacial score (nSPS) is 10.2. The van der Waals surface area contributed by atoms with E-state index in [0.717, 1.165) is 5.56 Å². The Labute approximate surface area is 111 Å². The van der Waals surface area contributed by atoms with Crippen molar-refractivity contribution in [2.24, 2.45) is 0 Å². The molecule has 0 radical (unpaired) electrons. The molecule has 0 bridgehead atoms. The van der Waals surface area contributed by atoms with Gasteiger partial charge in [0.15, 0.2) is 0 Å². The standard InChI is InChI=1S/C14H15N3O2/c1-10-2-4-11(5-3-10)9-16-13-7-6-12(15)8-14(13)17(18)19/h2-8,16H,9,15H2,1H3. The van der Waals surface area contributed by atoms with E-state index in [-0.39, 0.29) is 5.69 Å². The predicted octanol–water partition coefficient (Wildman–Crippen LogP) is 3.10. The number of anilines is 2. The predicted molar refractivity (Wildman–Crippen MR) is 76.0 cm³/mol. The minimum Gasteiger partial charge on any atom is -0.399 e. The highest BCUT2D eigenvalue weighted by atomic mass is 16.6. The number of nitrogen functional groups attached to an aromatic ring is 1. The van der Waals surface area contributed by atoms with E-state index in [1.807, 2.05) is 31.2 Å². The molecule has 3 N–H and O–H groups in total. The highest BCUT2D eigenvalue weighted by Crippen LogP contribution is 2.26. The summed E-state index contributed by atoms with van der Waals surface area (Å²) >= 11 is 0. The summed E-state index contributed by atoms with van der Waals surface area (Å²) in [4.78, 5) is 10.5. The van der Waals surface area contributed by atoms with Crippen molar-refractivity contribution in [1.82, 2.24) is 0 Å². The average Bonchev–Trinajstić information content (AvgIpc) is 2.39. The molecular weight excluding hydrogens is 242 g/mol. The summed E-state index contributed by atoms with van der Waals surface area (Å²) < 4.78 is 0. The van der Waals surface area contributed by atoms with Crippen LogP contribution in [-0.4, -0.2) is 4.92 Å². The maximum atomic E-state index is 10.9. The average molecular weight is 257 g/mol. The summed E-state index contributed by atoms with van der Waals surface area (Å²) in [6, 6.07) is 12.6. The van der Waals surface area contributed by atoms with Crippen LogP contribution in [0, 0.1) is 17.0 Å². The molecule has 2 aromatic rings. The molecule has 0 aromatic heterocycles. The summed E-state index contributed by atoms with van der Waals surface area (Å²) in [6.07, 6.45) is 0. The molecule has 0 aliphatic carbocycles. The molecule has 19 heavy (non-hydrogen) atoms. The zero-order valence-corrected chi connectivity index (χ0v) is 10.6. The third-order valence-corrected chi connectivity index (χ3v) is 2.82. The molecule has 0 atom stereocenters. The Morgan fingerprint density at radius 1 is 1.21 bits per heavy atom. The lowest BCUT2D eigenvalue weighted by Crippen LogP contribution is -2.03. The second-order valence-corrected chi connectivity index (χ2v) is 4.37. The molecule has 0 saturated carbocycles. The smallest absolute Gasteiger partial charge is 0.294 e. The first-order chi connectivity index (χ1) is 9.06. The lowest BCUT2D eigenvalue weighted by atomic mass is 10.1. The monoisotopic (exact) mass is 257 g/mol. The lowest BCUT2D eigenvalue weighted by molar-refractivity contribution is -0.383. The Morgan fingerprint density at radius 3 is 2.53 bits per heavy atom. The van der Waals surface area contributed by atoms with E-state index in [2.05, 4.69) is 5.32 Å². The van der Waals surface area contributed by atoms with Gasteiger partial charge < -0.3 is 11.1 Å². The van der Waals surface area contributed by atoms with Crippen LogP contribution in [0.15, 0.2) is 42.5 Å². The zero-order valence-electron chi connectivity index (χ0n) is 10.6. The lowest BCUT2D eigenvalue weighted by Gasteiger charge is -2.08. The van der Waals surface area contributed by atoms with Crippen LogP contribution in [0.1, 0.15) is 11.1 Å². The fraction of sp³-hybridized carbons (Fsp3) is 0.143. The minimum absolute atomic E-state index is 0.00730. The SMILES string of the molecule is Cc1ccc(CNc2ccc(N)cc2[N+](=O)[O-])cc1. The maximum absolute atomic E-state index is 10.9. The number of nitrogens with zero attached hydrogens (tertiary/aromatic N) is 1. The van der Waals surface area contributed by atoms with Gasteiger partial charge in [-0.3, -0.25) is 10.1 Å². The quantitative estimate of drug-likeness (QED) is 0.501. The molecule has 0 aliphatic heterocycles. The number of hydrogen-bond acceptors (Lipinski definition) is 4. The molecular formula is C14H15N3O2. The van der Waals surface area contributed by atoms with Crippen LogP contribution in [0.25, 0.3) is 0 Å². The number of benzene rings is 2. The van der Waals surface area contributed by atoms with Gasteiger partial charge >= 0.3 is 0 Å². The van der Waals surface area contributed by atoms with Gasteiger partial charge in [0.05, 0.1) is 4.92 Å². The second-order valence-electron chi connectivity index (χ2n) is 4.37. The van der Waals surface area contributed by atoms with Gasteiger partial charge in [-0.05, 0) is 24.6 Å². The van der Waals surface area contributed by atoms with Crippen LogP contribution in [0.3, 0.4) is 0 Å². The van der Waals surface area contributed by atoms with Gasteiger partial charge in [-0.15, -0.1) is 0 Å². The van der Waals surface area contributed by atoms with Crippen molar-refractivity contribution in [3.63, 3.8) is 0 Å². The Kier molecular flexibility index (Phi) is 3.66. The van der Waals surface area contributed by atoms with Crippen molar-refractivity contribution < 1.29 is 4.92 Å². The van der Waals surface area contributed by atoms with Gasteiger partial charge in [0, 0.05) is 18.3 Å². The Bertz CT molecular complexity index is 594. The van der Waals surface area contributed by atoms with E-state index >= 15 is 0 Å². The zero-order chi connectivity index (χ0) is 13.8. The van der Waals surface area contributed by atoms with Crippen LogP contribution in [-0.2, 0) is 6.54 Å². The first-order valence-electron chi connectivity index (χ1n) is 5.89. The van der Waals surface area contributed by atoms with E-state index in [9.17, 15) is 10.1 Å². The van der Waals surface area contributed by atoms with E-state index < -0.39 is 4.92 Å². The van der Waals surface area contributed by atoms with Crippen LogP contribution >= 0.6 is 0 Å². The molecule has 5 heteroatoms. The van der Waals surface area contributed by atoms with Crippen molar-refractivity contribution in [2.75, 3.05) is 11.1 Å². The second kappa shape index (κ2) is 5.39. The third-order valence-electron chi connectivity index (χ3n) is 2.82. The first-order valence-corrected chi connectivity index (χ1v) is 5.89. The van der Waals surface area contributed by atoms with Crippen molar-refractivity contribution >= 4 is 17.1 Å². The van der Waals surface area contributed by atoms with Crippen LogP contribution in [0.2, 0.25) is 0 Å². The molecule has 0 amide bonds. The Balaban J connectivity index is 2.15. The van der Waals surface area contributed by atoms with Gasteiger partial charge in [0.25, 0.3) is 5.69 Å².